The number of piperazine rings is 1. The van der Waals surface area contributed by atoms with Gasteiger partial charge in [0.1, 0.15) is 11.5 Å². The largest absolute Gasteiger partial charge is 0.497 e. The SMILES string of the molecule is COc1ccc(CN2CCN(C3CCCCC3)CC2)c(OC)c1.O=C(O)C(=O)O. The van der Waals surface area contributed by atoms with Gasteiger partial charge in [0.2, 0.25) is 0 Å². The van der Waals surface area contributed by atoms with Crippen molar-refractivity contribution < 1.29 is 29.3 Å². The maximum Gasteiger partial charge on any atom is 0.414 e. The smallest absolute Gasteiger partial charge is 0.414 e. The highest BCUT2D eigenvalue weighted by atomic mass is 16.5. The number of carboxylic acid groups (broad SMARTS) is 2. The van der Waals surface area contributed by atoms with Gasteiger partial charge in [0.05, 0.1) is 14.2 Å². The van der Waals surface area contributed by atoms with Crippen molar-refractivity contribution in [3.05, 3.63) is 23.8 Å². The van der Waals surface area contributed by atoms with Gasteiger partial charge in [-0.15, -0.1) is 0 Å². The van der Waals surface area contributed by atoms with Gasteiger partial charge in [0.25, 0.3) is 0 Å². The van der Waals surface area contributed by atoms with Crippen LogP contribution in [-0.2, 0) is 16.1 Å². The van der Waals surface area contributed by atoms with Crippen molar-refractivity contribution in [2.75, 3.05) is 40.4 Å². The number of hydrogen-bond acceptors (Lipinski definition) is 6. The Hall–Kier alpha value is -2.32. The third-order valence-corrected chi connectivity index (χ3v) is 5.57. The number of carboxylic acids is 2. The topological polar surface area (TPSA) is 99.5 Å². The van der Waals surface area contributed by atoms with Crippen molar-refractivity contribution in [2.45, 2.75) is 44.7 Å². The van der Waals surface area contributed by atoms with E-state index in [0.717, 1.165) is 37.2 Å². The van der Waals surface area contributed by atoms with Crippen molar-refractivity contribution in [2.24, 2.45) is 0 Å². The molecule has 0 unspecified atom stereocenters. The second-order valence-electron chi connectivity index (χ2n) is 7.39. The summed E-state index contributed by atoms with van der Waals surface area (Å²) >= 11 is 0. The van der Waals surface area contributed by atoms with Crippen LogP contribution in [0.4, 0.5) is 0 Å². The Morgan fingerprint density at radius 2 is 1.59 bits per heavy atom. The molecule has 8 heteroatoms. The molecule has 0 radical (unpaired) electrons. The van der Waals surface area contributed by atoms with Crippen LogP contribution in [0.25, 0.3) is 0 Å². The normalized spacial score (nSPS) is 18.4. The van der Waals surface area contributed by atoms with E-state index in [4.69, 9.17) is 29.3 Å². The molecule has 8 nitrogen and oxygen atoms in total. The molecule has 2 aliphatic rings. The summed E-state index contributed by atoms with van der Waals surface area (Å²) in [6.45, 7) is 5.70. The summed E-state index contributed by atoms with van der Waals surface area (Å²) in [5, 5.41) is 14.8. The number of aliphatic carboxylic acids is 2. The molecule has 162 valence electrons. The van der Waals surface area contributed by atoms with E-state index in [-0.39, 0.29) is 0 Å². The molecule has 1 aromatic carbocycles. The minimum Gasteiger partial charge on any atom is -0.497 e. The maximum atomic E-state index is 9.10. The van der Waals surface area contributed by atoms with Crippen molar-refractivity contribution in [1.29, 1.82) is 0 Å². The summed E-state index contributed by atoms with van der Waals surface area (Å²) in [6, 6.07) is 6.98. The van der Waals surface area contributed by atoms with Crippen LogP contribution in [0, 0.1) is 0 Å². The van der Waals surface area contributed by atoms with E-state index in [0.29, 0.717) is 0 Å². The van der Waals surface area contributed by atoms with E-state index in [1.165, 1.54) is 50.8 Å². The molecule has 0 atom stereocenters. The quantitative estimate of drug-likeness (QED) is 0.716. The van der Waals surface area contributed by atoms with Crippen molar-refractivity contribution in [3.8, 4) is 11.5 Å². The molecule has 0 spiro atoms. The second-order valence-corrected chi connectivity index (χ2v) is 7.39. The Labute approximate surface area is 172 Å². The number of ether oxygens (including phenoxy) is 2. The number of methoxy groups -OCH3 is 2. The average molecular weight is 408 g/mol. The number of carbonyl (C=O) groups is 2. The van der Waals surface area contributed by atoms with Gasteiger partial charge < -0.3 is 19.7 Å². The van der Waals surface area contributed by atoms with E-state index >= 15 is 0 Å². The van der Waals surface area contributed by atoms with Crippen LogP contribution in [0.5, 0.6) is 11.5 Å². The van der Waals surface area contributed by atoms with Gasteiger partial charge >= 0.3 is 11.9 Å². The summed E-state index contributed by atoms with van der Waals surface area (Å²) < 4.78 is 10.8. The molecule has 1 heterocycles. The Morgan fingerprint density at radius 1 is 0.966 bits per heavy atom. The lowest BCUT2D eigenvalue weighted by Crippen LogP contribution is -2.50. The molecule has 1 aliphatic carbocycles. The van der Waals surface area contributed by atoms with Crippen molar-refractivity contribution in [3.63, 3.8) is 0 Å². The van der Waals surface area contributed by atoms with Crippen LogP contribution in [0.15, 0.2) is 18.2 Å². The maximum absolute atomic E-state index is 9.10. The van der Waals surface area contributed by atoms with Crippen LogP contribution in [0.3, 0.4) is 0 Å². The van der Waals surface area contributed by atoms with E-state index in [1.807, 2.05) is 12.1 Å². The Kier molecular flexibility index (Phi) is 9.21. The fourth-order valence-electron chi connectivity index (χ4n) is 3.96. The molecule has 0 aromatic heterocycles. The van der Waals surface area contributed by atoms with Gasteiger partial charge in [0.15, 0.2) is 0 Å². The minimum absolute atomic E-state index is 0.849. The second kappa shape index (κ2) is 11.6. The summed E-state index contributed by atoms with van der Waals surface area (Å²) in [6.07, 6.45) is 7.11. The zero-order valence-electron chi connectivity index (χ0n) is 17.3. The van der Waals surface area contributed by atoms with Gasteiger partial charge in [-0.1, -0.05) is 25.3 Å². The highest BCUT2D eigenvalue weighted by Gasteiger charge is 2.25. The summed E-state index contributed by atoms with van der Waals surface area (Å²) in [5.41, 5.74) is 1.25. The average Bonchev–Trinajstić information content (AvgIpc) is 2.75. The molecule has 3 rings (SSSR count). The molecule has 2 fully saturated rings. The molecule has 1 aromatic rings. The predicted octanol–water partition coefficient (Wildman–Crippen LogP) is 2.31. The molecule has 0 amide bonds. The van der Waals surface area contributed by atoms with Crippen LogP contribution >= 0.6 is 0 Å². The molecule has 1 saturated carbocycles. The number of rotatable bonds is 5. The third-order valence-electron chi connectivity index (χ3n) is 5.57. The first-order valence-electron chi connectivity index (χ1n) is 10.1. The fourth-order valence-corrected chi connectivity index (χ4v) is 3.96. The monoisotopic (exact) mass is 408 g/mol. The zero-order chi connectivity index (χ0) is 21.2. The molecular weight excluding hydrogens is 376 g/mol. The van der Waals surface area contributed by atoms with Gasteiger partial charge in [-0.25, -0.2) is 9.59 Å². The number of benzene rings is 1. The van der Waals surface area contributed by atoms with E-state index < -0.39 is 11.9 Å². The molecule has 0 bridgehead atoms. The minimum atomic E-state index is -1.82. The summed E-state index contributed by atoms with van der Waals surface area (Å²) in [7, 11) is 3.43. The first-order valence-corrected chi connectivity index (χ1v) is 10.1. The zero-order valence-corrected chi connectivity index (χ0v) is 17.3. The van der Waals surface area contributed by atoms with Gasteiger partial charge in [-0.05, 0) is 18.9 Å². The van der Waals surface area contributed by atoms with Crippen LogP contribution in [-0.4, -0.2) is 78.4 Å². The fraction of sp³-hybridized carbons (Fsp3) is 0.619. The van der Waals surface area contributed by atoms with E-state index in [2.05, 4.69) is 15.9 Å². The lowest BCUT2D eigenvalue weighted by molar-refractivity contribution is -0.159. The first kappa shape index (κ1) is 23.0. The van der Waals surface area contributed by atoms with Gasteiger partial charge in [0, 0.05) is 50.4 Å². The Bertz CT molecular complexity index is 655. The molecule has 1 aliphatic heterocycles. The number of nitrogens with zero attached hydrogens (tertiary/aromatic N) is 2. The summed E-state index contributed by atoms with van der Waals surface area (Å²) in [5.74, 6) is -1.86. The van der Waals surface area contributed by atoms with Crippen molar-refractivity contribution >= 4 is 11.9 Å². The third kappa shape index (κ3) is 7.21. The molecule has 29 heavy (non-hydrogen) atoms. The standard InChI is InChI=1S/C19H30N2O2.C2H2O4/c1-22-18-9-8-16(19(14-18)23-2)15-20-10-12-21(13-11-20)17-6-4-3-5-7-17;3-1(4)2(5)6/h8-9,14,17H,3-7,10-13,15H2,1-2H3;(H,3,4)(H,5,6). The highest BCUT2D eigenvalue weighted by Crippen LogP contribution is 2.27. The highest BCUT2D eigenvalue weighted by molar-refractivity contribution is 6.27. The predicted molar refractivity (Wildman–Crippen MR) is 109 cm³/mol. The molecule has 2 N–H and O–H groups in total. The molecule has 1 saturated heterocycles. The van der Waals surface area contributed by atoms with Crippen LogP contribution in [0.2, 0.25) is 0 Å². The van der Waals surface area contributed by atoms with Gasteiger partial charge in [-0.2, -0.15) is 0 Å². The van der Waals surface area contributed by atoms with E-state index in [9.17, 15) is 0 Å². The summed E-state index contributed by atoms with van der Waals surface area (Å²) in [4.78, 5) is 23.5. The number of hydrogen-bond donors (Lipinski definition) is 2. The lowest BCUT2D eigenvalue weighted by atomic mass is 9.94. The van der Waals surface area contributed by atoms with E-state index in [1.54, 1.807) is 14.2 Å². The lowest BCUT2D eigenvalue weighted by Gasteiger charge is -2.40. The van der Waals surface area contributed by atoms with Crippen molar-refractivity contribution in [1.82, 2.24) is 9.80 Å². The van der Waals surface area contributed by atoms with Crippen LogP contribution in [0.1, 0.15) is 37.7 Å². The Balaban J connectivity index is 0.000000438. The van der Waals surface area contributed by atoms with Crippen LogP contribution < -0.4 is 9.47 Å². The molecular formula is C21H32N2O6. The van der Waals surface area contributed by atoms with Gasteiger partial charge in [-0.3, -0.25) is 9.80 Å². The first-order chi connectivity index (χ1) is 13.9. The Morgan fingerprint density at radius 3 is 2.10 bits per heavy atom.